The van der Waals surface area contributed by atoms with E-state index in [1.807, 2.05) is 0 Å². The number of anilines is 1. The molecule has 2 rings (SSSR count). The first-order valence-corrected chi connectivity index (χ1v) is 6.76. The van der Waals surface area contributed by atoms with Crippen molar-refractivity contribution in [2.45, 2.75) is 25.1 Å². The Morgan fingerprint density at radius 2 is 1.90 bits per heavy atom. The van der Waals surface area contributed by atoms with Crippen molar-refractivity contribution >= 4 is 5.69 Å². The van der Waals surface area contributed by atoms with Gasteiger partial charge in [0.2, 0.25) is 0 Å². The number of hydrogen-bond acceptors (Lipinski definition) is 3. The second-order valence-corrected chi connectivity index (χ2v) is 4.94. The third kappa shape index (κ3) is 4.07. The number of hydrogen-bond donors (Lipinski definition) is 1. The Bertz CT molecular complexity index is 471. The molecule has 0 aliphatic carbocycles. The largest absolute Gasteiger partial charge is 0.416 e. The lowest BCUT2D eigenvalue weighted by Crippen LogP contribution is -2.37. The molecule has 1 fully saturated rings. The summed E-state index contributed by atoms with van der Waals surface area (Å²) >= 11 is 0. The minimum Gasteiger partial charge on any atom is -0.394 e. The van der Waals surface area contributed by atoms with Gasteiger partial charge in [-0.2, -0.15) is 13.2 Å². The summed E-state index contributed by atoms with van der Waals surface area (Å²) in [6.45, 7) is 1.24. The smallest absolute Gasteiger partial charge is 0.394 e. The molecule has 1 saturated heterocycles. The van der Waals surface area contributed by atoms with Gasteiger partial charge in [-0.25, -0.2) is 4.39 Å². The lowest BCUT2D eigenvalue weighted by Gasteiger charge is -2.33. The van der Waals surface area contributed by atoms with Crippen LogP contribution in [0.1, 0.15) is 18.4 Å². The van der Waals surface area contributed by atoms with Crippen molar-refractivity contribution in [2.75, 3.05) is 31.2 Å². The summed E-state index contributed by atoms with van der Waals surface area (Å²) in [6.07, 6.45) is -3.23. The normalized spacial score (nSPS) is 17.3. The van der Waals surface area contributed by atoms with Crippen molar-refractivity contribution in [3.05, 3.63) is 29.6 Å². The predicted octanol–water partition coefficient (Wildman–Crippen LogP) is 2.82. The zero-order valence-electron chi connectivity index (χ0n) is 11.4. The summed E-state index contributed by atoms with van der Waals surface area (Å²) in [5.74, 6) is -0.862. The van der Waals surface area contributed by atoms with Crippen LogP contribution in [0.3, 0.4) is 0 Å². The van der Waals surface area contributed by atoms with E-state index in [-0.39, 0.29) is 25.0 Å². The fraction of sp³-hybridized carbons (Fsp3) is 0.571. The molecular formula is C14H17F4NO2. The van der Waals surface area contributed by atoms with E-state index in [9.17, 15) is 17.6 Å². The lowest BCUT2D eigenvalue weighted by atomic mass is 10.1. The summed E-state index contributed by atoms with van der Waals surface area (Å²) in [5, 5.41) is 8.68. The molecule has 1 aliphatic heterocycles. The zero-order valence-corrected chi connectivity index (χ0v) is 11.4. The number of rotatable bonds is 4. The Hall–Kier alpha value is -1.34. The molecule has 0 spiro atoms. The van der Waals surface area contributed by atoms with Crippen molar-refractivity contribution in [1.29, 1.82) is 0 Å². The van der Waals surface area contributed by atoms with Crippen LogP contribution in [0.4, 0.5) is 23.2 Å². The number of piperidine rings is 1. The van der Waals surface area contributed by atoms with E-state index < -0.39 is 17.6 Å². The fourth-order valence-electron chi connectivity index (χ4n) is 2.42. The molecule has 1 aliphatic rings. The topological polar surface area (TPSA) is 32.7 Å². The van der Waals surface area contributed by atoms with Gasteiger partial charge in [0, 0.05) is 13.1 Å². The van der Waals surface area contributed by atoms with Crippen LogP contribution < -0.4 is 4.90 Å². The molecule has 21 heavy (non-hydrogen) atoms. The maximum Gasteiger partial charge on any atom is 0.416 e. The van der Waals surface area contributed by atoms with Crippen LogP contribution in [0.2, 0.25) is 0 Å². The highest BCUT2D eigenvalue weighted by molar-refractivity contribution is 5.50. The zero-order chi connectivity index (χ0) is 15.5. The summed E-state index contributed by atoms with van der Waals surface area (Å²) in [4.78, 5) is 1.72. The maximum absolute atomic E-state index is 13.9. The molecule has 3 nitrogen and oxygen atoms in total. The first-order chi connectivity index (χ1) is 9.91. The molecular weight excluding hydrogens is 290 g/mol. The van der Waals surface area contributed by atoms with Crippen molar-refractivity contribution in [3.8, 4) is 0 Å². The first kappa shape index (κ1) is 16.0. The van der Waals surface area contributed by atoms with Crippen LogP contribution in [0.15, 0.2) is 18.2 Å². The third-order valence-corrected chi connectivity index (χ3v) is 3.50. The second kappa shape index (κ2) is 6.62. The van der Waals surface area contributed by atoms with E-state index in [4.69, 9.17) is 9.84 Å². The molecule has 0 radical (unpaired) electrons. The highest BCUT2D eigenvalue weighted by Gasteiger charge is 2.32. The molecule has 7 heteroatoms. The standard InChI is InChI=1S/C14H17F4NO2/c15-12-9-10(14(16,17)18)1-2-13(12)19-5-3-11(4-6-19)21-8-7-20/h1-2,9,11,20H,3-8H2. The van der Waals surface area contributed by atoms with Gasteiger partial charge in [-0.3, -0.25) is 0 Å². The van der Waals surface area contributed by atoms with Crippen LogP contribution >= 0.6 is 0 Å². The maximum atomic E-state index is 13.9. The van der Waals surface area contributed by atoms with Crippen molar-refractivity contribution in [2.24, 2.45) is 0 Å². The molecule has 1 N–H and O–H groups in total. The van der Waals surface area contributed by atoms with Gasteiger partial charge in [0.25, 0.3) is 0 Å². The van der Waals surface area contributed by atoms with Gasteiger partial charge in [0.1, 0.15) is 5.82 Å². The van der Waals surface area contributed by atoms with Crippen molar-refractivity contribution in [1.82, 2.24) is 0 Å². The Balaban J connectivity index is 2.00. The Morgan fingerprint density at radius 1 is 1.24 bits per heavy atom. The molecule has 1 aromatic rings. The van der Waals surface area contributed by atoms with E-state index >= 15 is 0 Å². The monoisotopic (exact) mass is 307 g/mol. The number of halogens is 4. The Kier molecular flexibility index (Phi) is 5.05. The number of aliphatic hydroxyl groups is 1. The van der Waals surface area contributed by atoms with Gasteiger partial charge < -0.3 is 14.7 Å². The molecule has 0 atom stereocenters. The average molecular weight is 307 g/mol. The Morgan fingerprint density at radius 3 is 2.43 bits per heavy atom. The molecule has 0 aromatic heterocycles. The van der Waals surface area contributed by atoms with Crippen LogP contribution in [0, 0.1) is 5.82 Å². The lowest BCUT2D eigenvalue weighted by molar-refractivity contribution is -0.137. The first-order valence-electron chi connectivity index (χ1n) is 6.76. The summed E-state index contributed by atoms with van der Waals surface area (Å²) in [5.41, 5.74) is -0.798. The van der Waals surface area contributed by atoms with Crippen LogP contribution in [0.5, 0.6) is 0 Å². The third-order valence-electron chi connectivity index (χ3n) is 3.50. The molecule has 1 aromatic carbocycles. The number of alkyl halides is 3. The second-order valence-electron chi connectivity index (χ2n) is 4.94. The molecule has 0 unspecified atom stereocenters. The summed E-state index contributed by atoms with van der Waals surface area (Å²) in [6, 6.07) is 2.60. The van der Waals surface area contributed by atoms with Gasteiger partial charge in [-0.05, 0) is 31.0 Å². The van der Waals surface area contributed by atoms with Crippen molar-refractivity contribution in [3.63, 3.8) is 0 Å². The van der Waals surface area contributed by atoms with Crippen LogP contribution in [0.25, 0.3) is 0 Å². The van der Waals surface area contributed by atoms with Crippen LogP contribution in [-0.2, 0) is 10.9 Å². The van der Waals surface area contributed by atoms with E-state index in [0.717, 1.165) is 6.07 Å². The molecule has 0 amide bonds. The number of aliphatic hydroxyl groups excluding tert-OH is 1. The summed E-state index contributed by atoms with van der Waals surface area (Å²) < 4.78 is 56.7. The minimum absolute atomic E-state index is 0.00547. The van der Waals surface area contributed by atoms with E-state index in [0.29, 0.717) is 32.0 Å². The molecule has 0 saturated carbocycles. The van der Waals surface area contributed by atoms with Gasteiger partial charge in [0.05, 0.1) is 30.6 Å². The predicted molar refractivity (Wildman–Crippen MR) is 69.7 cm³/mol. The summed E-state index contributed by atoms with van der Waals surface area (Å²) in [7, 11) is 0. The Labute approximate surface area is 120 Å². The molecule has 118 valence electrons. The molecule has 0 bridgehead atoms. The van der Waals surface area contributed by atoms with Gasteiger partial charge in [-0.15, -0.1) is 0 Å². The number of ether oxygens (including phenoxy) is 1. The highest BCUT2D eigenvalue weighted by atomic mass is 19.4. The van der Waals surface area contributed by atoms with Gasteiger partial charge >= 0.3 is 6.18 Å². The number of nitrogens with zero attached hydrogens (tertiary/aromatic N) is 1. The van der Waals surface area contributed by atoms with Crippen LogP contribution in [-0.4, -0.2) is 37.5 Å². The van der Waals surface area contributed by atoms with Gasteiger partial charge in [0.15, 0.2) is 0 Å². The minimum atomic E-state index is -4.54. The van der Waals surface area contributed by atoms with E-state index in [2.05, 4.69) is 0 Å². The van der Waals surface area contributed by atoms with Gasteiger partial charge in [-0.1, -0.05) is 0 Å². The SMILES string of the molecule is OCCOC1CCN(c2ccc(C(F)(F)F)cc2F)CC1. The average Bonchev–Trinajstić information content (AvgIpc) is 2.45. The fourth-order valence-corrected chi connectivity index (χ4v) is 2.42. The number of benzene rings is 1. The van der Waals surface area contributed by atoms with E-state index in [1.165, 1.54) is 6.07 Å². The quantitative estimate of drug-likeness (QED) is 0.868. The highest BCUT2D eigenvalue weighted by Crippen LogP contribution is 2.33. The molecule has 1 heterocycles. The van der Waals surface area contributed by atoms with Crippen molar-refractivity contribution < 1.29 is 27.4 Å². The van der Waals surface area contributed by atoms with E-state index in [1.54, 1.807) is 4.90 Å².